The molecule has 9 heteroatoms. The van der Waals surface area contributed by atoms with Gasteiger partial charge >= 0.3 is 5.97 Å². The Bertz CT molecular complexity index is 846. The Hall–Kier alpha value is -1.97. The number of nitrogens with two attached hydrogens (primary N) is 1. The number of carbonyl (C=O) groups is 2. The number of aryl methyl sites for hydroxylation is 1. The first-order chi connectivity index (χ1) is 14.9. The average molecular weight is 452 g/mol. The van der Waals surface area contributed by atoms with Gasteiger partial charge in [0.25, 0.3) is 10.2 Å². The molecule has 1 aromatic rings. The van der Waals surface area contributed by atoms with Gasteiger partial charge in [-0.05, 0) is 56.9 Å². The summed E-state index contributed by atoms with van der Waals surface area (Å²) < 4.78 is 34.5. The fourth-order valence-corrected chi connectivity index (χ4v) is 6.19. The highest BCUT2D eigenvalue weighted by molar-refractivity contribution is 7.86. The number of piperidine rings is 2. The Balaban J connectivity index is 1.54. The summed E-state index contributed by atoms with van der Waals surface area (Å²) in [6, 6.07) is 9.32. The normalized spacial score (nSPS) is 23.4. The van der Waals surface area contributed by atoms with Crippen molar-refractivity contribution < 1.29 is 22.7 Å². The first-order valence-electron chi connectivity index (χ1n) is 11.2. The lowest BCUT2D eigenvalue weighted by atomic mass is 9.99. The van der Waals surface area contributed by atoms with Crippen LogP contribution in [0.3, 0.4) is 0 Å². The number of unbranched alkanes of at least 4 members (excludes halogenated alkanes) is 1. The lowest BCUT2D eigenvalue weighted by Gasteiger charge is -2.39. The van der Waals surface area contributed by atoms with Crippen LogP contribution < -0.4 is 5.73 Å². The van der Waals surface area contributed by atoms with Crippen LogP contribution in [0, 0.1) is 5.92 Å². The second-order valence-corrected chi connectivity index (χ2v) is 10.2. The van der Waals surface area contributed by atoms with Crippen LogP contribution in [0.5, 0.6) is 0 Å². The molecule has 1 aromatic carbocycles. The van der Waals surface area contributed by atoms with E-state index in [9.17, 15) is 18.0 Å². The molecule has 0 bridgehead atoms. The predicted molar refractivity (Wildman–Crippen MR) is 117 cm³/mol. The molecule has 0 spiro atoms. The maximum atomic E-state index is 13.2. The number of rotatable bonds is 9. The van der Waals surface area contributed by atoms with Gasteiger partial charge in [0.05, 0.1) is 12.5 Å². The number of primary amides is 1. The molecule has 1 amide bonds. The molecule has 31 heavy (non-hydrogen) atoms. The Kier molecular flexibility index (Phi) is 8.45. The Morgan fingerprint density at radius 1 is 1.03 bits per heavy atom. The molecule has 0 saturated carbocycles. The first-order valence-corrected chi connectivity index (χ1v) is 12.6. The van der Waals surface area contributed by atoms with E-state index < -0.39 is 34.0 Å². The quantitative estimate of drug-likeness (QED) is 0.455. The zero-order chi connectivity index (χ0) is 22.3. The summed E-state index contributed by atoms with van der Waals surface area (Å²) in [5.41, 5.74) is 6.64. The average Bonchev–Trinajstić information content (AvgIpc) is 2.79. The number of amides is 1. The van der Waals surface area contributed by atoms with Crippen molar-refractivity contribution in [2.75, 3.05) is 26.2 Å². The van der Waals surface area contributed by atoms with Crippen LogP contribution in [-0.4, -0.2) is 61.2 Å². The molecule has 2 aliphatic heterocycles. The second-order valence-electron chi connectivity index (χ2n) is 8.34. The minimum atomic E-state index is -3.86. The topological polar surface area (TPSA) is 110 Å². The highest BCUT2D eigenvalue weighted by Gasteiger charge is 2.42. The van der Waals surface area contributed by atoms with Crippen molar-refractivity contribution in [3.8, 4) is 0 Å². The summed E-state index contributed by atoms with van der Waals surface area (Å²) in [5, 5.41) is 0. The van der Waals surface area contributed by atoms with Crippen molar-refractivity contribution in [1.29, 1.82) is 0 Å². The molecule has 2 fully saturated rings. The molecular weight excluding hydrogens is 418 g/mol. The lowest BCUT2D eigenvalue weighted by molar-refractivity contribution is -0.149. The van der Waals surface area contributed by atoms with Crippen LogP contribution in [0.2, 0.25) is 0 Å². The number of hydrogen-bond acceptors (Lipinski definition) is 5. The zero-order valence-electron chi connectivity index (χ0n) is 17.9. The van der Waals surface area contributed by atoms with Crippen molar-refractivity contribution in [3.63, 3.8) is 0 Å². The molecule has 2 heterocycles. The number of esters is 1. The summed E-state index contributed by atoms with van der Waals surface area (Å²) >= 11 is 0. The summed E-state index contributed by atoms with van der Waals surface area (Å²) in [6.45, 7) is 0.983. The lowest BCUT2D eigenvalue weighted by Crippen LogP contribution is -2.56. The van der Waals surface area contributed by atoms with Gasteiger partial charge in [-0.2, -0.15) is 17.0 Å². The molecule has 3 rings (SSSR count). The number of ether oxygens (including phenoxy) is 1. The van der Waals surface area contributed by atoms with E-state index >= 15 is 0 Å². The van der Waals surface area contributed by atoms with Gasteiger partial charge in [-0.25, -0.2) is 0 Å². The first kappa shape index (κ1) is 23.7. The van der Waals surface area contributed by atoms with Gasteiger partial charge in [-0.1, -0.05) is 30.3 Å². The monoisotopic (exact) mass is 451 g/mol. The van der Waals surface area contributed by atoms with Crippen molar-refractivity contribution in [1.82, 2.24) is 8.61 Å². The van der Waals surface area contributed by atoms with Gasteiger partial charge in [-0.15, -0.1) is 0 Å². The highest BCUT2D eigenvalue weighted by Crippen LogP contribution is 2.27. The summed E-state index contributed by atoms with van der Waals surface area (Å²) in [5.74, 6) is -1.44. The molecule has 0 radical (unpaired) electrons. The maximum absolute atomic E-state index is 13.2. The van der Waals surface area contributed by atoms with Crippen molar-refractivity contribution >= 4 is 22.1 Å². The van der Waals surface area contributed by atoms with Crippen LogP contribution in [0.4, 0.5) is 0 Å². The summed E-state index contributed by atoms with van der Waals surface area (Å²) in [7, 11) is -3.86. The Labute approximate surface area is 184 Å². The Morgan fingerprint density at radius 2 is 1.81 bits per heavy atom. The molecule has 8 nitrogen and oxygen atoms in total. The molecule has 0 aliphatic carbocycles. The third-order valence-electron chi connectivity index (χ3n) is 6.08. The van der Waals surface area contributed by atoms with Crippen LogP contribution >= 0.6 is 0 Å². The van der Waals surface area contributed by atoms with Crippen LogP contribution in [0.25, 0.3) is 0 Å². The van der Waals surface area contributed by atoms with Gasteiger partial charge in [0.15, 0.2) is 0 Å². The highest BCUT2D eigenvalue weighted by atomic mass is 32.2. The van der Waals surface area contributed by atoms with E-state index in [0.717, 1.165) is 25.7 Å². The van der Waals surface area contributed by atoms with E-state index in [4.69, 9.17) is 10.5 Å². The molecular formula is C22H33N3O5S. The molecule has 1 unspecified atom stereocenters. The fraction of sp³-hybridized carbons (Fsp3) is 0.636. The summed E-state index contributed by atoms with van der Waals surface area (Å²) in [4.78, 5) is 24.3. The smallest absolute Gasteiger partial charge is 0.324 e. The second kappa shape index (κ2) is 11.1. The van der Waals surface area contributed by atoms with Gasteiger partial charge in [0.2, 0.25) is 5.91 Å². The minimum Gasteiger partial charge on any atom is -0.464 e. The van der Waals surface area contributed by atoms with Crippen molar-refractivity contribution in [3.05, 3.63) is 35.9 Å². The minimum absolute atomic E-state index is 0.0788. The Morgan fingerprint density at radius 3 is 2.55 bits per heavy atom. The van der Waals surface area contributed by atoms with E-state index in [-0.39, 0.29) is 19.7 Å². The van der Waals surface area contributed by atoms with Crippen molar-refractivity contribution in [2.24, 2.45) is 11.7 Å². The molecule has 2 atom stereocenters. The zero-order valence-corrected chi connectivity index (χ0v) is 18.8. The van der Waals surface area contributed by atoms with E-state index in [0.29, 0.717) is 32.2 Å². The number of hydrogen-bond donors (Lipinski definition) is 1. The van der Waals surface area contributed by atoms with E-state index in [2.05, 4.69) is 12.1 Å². The molecule has 172 valence electrons. The van der Waals surface area contributed by atoms with Gasteiger partial charge in [0.1, 0.15) is 6.04 Å². The van der Waals surface area contributed by atoms with Crippen LogP contribution in [0.15, 0.2) is 30.3 Å². The maximum Gasteiger partial charge on any atom is 0.324 e. The molecule has 2 N–H and O–H groups in total. The number of nitrogens with zero attached hydrogens (tertiary/aromatic N) is 2. The number of carbonyl (C=O) groups excluding carboxylic acids is 2. The predicted octanol–water partition coefficient (Wildman–Crippen LogP) is 1.85. The van der Waals surface area contributed by atoms with Crippen LogP contribution in [0.1, 0.15) is 50.5 Å². The SMILES string of the molecule is NC(=O)C1CCCN(S(=O)(=O)N2CCCC[C@H]2C(=O)OCCCCc2ccccc2)C1. The molecule has 2 saturated heterocycles. The molecule has 0 aromatic heterocycles. The standard InChI is InChI=1S/C22H33N3O5S/c23-21(26)19-12-8-14-24(17-19)31(28,29)25-15-6-4-13-20(25)22(27)30-16-7-5-11-18-9-2-1-3-10-18/h1-3,9-10,19-20H,4-8,11-17H2,(H2,23,26)/t19?,20-/m0/s1. The van der Waals surface area contributed by atoms with Gasteiger partial charge in [0, 0.05) is 19.6 Å². The van der Waals surface area contributed by atoms with E-state index in [1.165, 1.54) is 14.2 Å². The summed E-state index contributed by atoms with van der Waals surface area (Å²) in [6.07, 6.45) is 5.65. The fourth-order valence-electron chi connectivity index (χ4n) is 4.29. The van der Waals surface area contributed by atoms with Crippen molar-refractivity contribution in [2.45, 2.75) is 57.4 Å². The van der Waals surface area contributed by atoms with Crippen LogP contribution in [-0.2, 0) is 31.0 Å². The largest absolute Gasteiger partial charge is 0.464 e. The number of benzene rings is 1. The van der Waals surface area contributed by atoms with Gasteiger partial charge < -0.3 is 10.5 Å². The third kappa shape index (κ3) is 6.27. The van der Waals surface area contributed by atoms with Gasteiger partial charge in [-0.3, -0.25) is 9.59 Å². The van der Waals surface area contributed by atoms with E-state index in [1.807, 2.05) is 18.2 Å². The third-order valence-corrected chi connectivity index (χ3v) is 8.10. The molecule has 2 aliphatic rings. The van der Waals surface area contributed by atoms with E-state index in [1.54, 1.807) is 0 Å².